The molecule has 0 saturated carbocycles. The van der Waals surface area contributed by atoms with Gasteiger partial charge in [-0.2, -0.15) is 0 Å². The van der Waals surface area contributed by atoms with E-state index in [1.807, 2.05) is 84.9 Å². The van der Waals surface area contributed by atoms with Crippen LogP contribution in [0.4, 0.5) is 5.82 Å². The minimum atomic E-state index is -1.03. The molecule has 3 unspecified atom stereocenters. The molecular weight excluding hydrogens is 622 g/mol. The van der Waals surface area contributed by atoms with Crippen LogP contribution in [0.15, 0.2) is 122 Å². The number of rotatable bonds is 11. The summed E-state index contributed by atoms with van der Waals surface area (Å²) in [6.07, 6.45) is 1.05. The molecule has 4 aromatic carbocycles. The summed E-state index contributed by atoms with van der Waals surface area (Å²) < 4.78 is 26.0. The standard InChI is InChI=1S/C38H35N5O6/c1-46-29-17-13-27(14-18-29)38(26-11-7-4-8-12-26,28-15-19-30(47-2)20-16-28)48-22-31-21-32(44)37(49-31)43-24-41-33-34(39-23-40-35(33)43)42-36(45)25-9-5-3-6-10-25/h3-20,23-24,31-32,37,44H,21-22H2,1-2H3,(H,39,40,42,45). The van der Waals surface area contributed by atoms with Gasteiger partial charge in [0.25, 0.3) is 5.91 Å². The van der Waals surface area contributed by atoms with Gasteiger partial charge in [-0.1, -0.05) is 72.8 Å². The predicted octanol–water partition coefficient (Wildman–Crippen LogP) is 5.75. The average molecular weight is 658 g/mol. The van der Waals surface area contributed by atoms with Crippen molar-refractivity contribution in [1.82, 2.24) is 19.5 Å². The molecule has 49 heavy (non-hydrogen) atoms. The molecular formula is C38H35N5O6. The highest BCUT2D eigenvalue weighted by Crippen LogP contribution is 2.43. The van der Waals surface area contributed by atoms with Crippen molar-refractivity contribution in [3.63, 3.8) is 0 Å². The molecule has 3 heterocycles. The summed E-state index contributed by atoms with van der Waals surface area (Å²) >= 11 is 0. The highest BCUT2D eigenvalue weighted by Gasteiger charge is 2.42. The maximum atomic E-state index is 12.8. The number of aromatic nitrogens is 4. The normalized spacial score (nSPS) is 17.6. The van der Waals surface area contributed by atoms with Crippen LogP contribution in [-0.2, 0) is 15.1 Å². The third-order valence-electron chi connectivity index (χ3n) is 8.73. The van der Waals surface area contributed by atoms with Crippen molar-refractivity contribution in [2.45, 2.75) is 30.5 Å². The first-order chi connectivity index (χ1) is 24.0. The zero-order valence-corrected chi connectivity index (χ0v) is 27.0. The first-order valence-corrected chi connectivity index (χ1v) is 15.9. The second-order valence-corrected chi connectivity index (χ2v) is 11.6. The molecule has 2 aromatic heterocycles. The molecule has 0 aliphatic carbocycles. The van der Waals surface area contributed by atoms with Gasteiger partial charge in [0.2, 0.25) is 0 Å². The van der Waals surface area contributed by atoms with Crippen molar-refractivity contribution < 1.29 is 28.8 Å². The quantitative estimate of drug-likeness (QED) is 0.167. The largest absolute Gasteiger partial charge is 0.497 e. The van der Waals surface area contributed by atoms with Gasteiger partial charge in [-0.05, 0) is 53.1 Å². The van der Waals surface area contributed by atoms with Crippen LogP contribution in [-0.4, -0.2) is 63.6 Å². The number of benzene rings is 4. The van der Waals surface area contributed by atoms with Crippen LogP contribution in [0.1, 0.15) is 39.7 Å². The van der Waals surface area contributed by atoms with Gasteiger partial charge in [0.05, 0.1) is 33.3 Å². The van der Waals surface area contributed by atoms with Crippen LogP contribution in [0.3, 0.4) is 0 Å². The first kappa shape index (κ1) is 32.0. The van der Waals surface area contributed by atoms with Gasteiger partial charge in [0.1, 0.15) is 29.5 Å². The summed E-state index contributed by atoms with van der Waals surface area (Å²) in [5.74, 6) is 1.39. The lowest BCUT2D eigenvalue weighted by Crippen LogP contribution is -2.35. The molecule has 1 aliphatic rings. The number of carbonyl (C=O) groups is 1. The molecule has 0 radical (unpaired) electrons. The van der Waals surface area contributed by atoms with Crippen LogP contribution < -0.4 is 14.8 Å². The molecule has 248 valence electrons. The Morgan fingerprint density at radius 1 is 0.837 bits per heavy atom. The van der Waals surface area contributed by atoms with Crippen molar-refractivity contribution in [3.8, 4) is 11.5 Å². The predicted molar refractivity (Wildman–Crippen MR) is 183 cm³/mol. The zero-order valence-electron chi connectivity index (χ0n) is 27.0. The van der Waals surface area contributed by atoms with Crippen LogP contribution >= 0.6 is 0 Å². The van der Waals surface area contributed by atoms with Gasteiger partial charge in [0, 0.05) is 12.0 Å². The van der Waals surface area contributed by atoms with E-state index in [-0.39, 0.29) is 18.3 Å². The van der Waals surface area contributed by atoms with E-state index >= 15 is 0 Å². The first-order valence-electron chi connectivity index (χ1n) is 15.9. The Balaban J connectivity index is 1.18. The number of nitrogens with zero attached hydrogens (tertiary/aromatic N) is 4. The van der Waals surface area contributed by atoms with Gasteiger partial charge in [-0.15, -0.1) is 0 Å². The number of aliphatic hydroxyl groups is 1. The van der Waals surface area contributed by atoms with Crippen LogP contribution in [0.5, 0.6) is 11.5 Å². The van der Waals surface area contributed by atoms with E-state index in [4.69, 9.17) is 18.9 Å². The number of anilines is 1. The molecule has 7 rings (SSSR count). The molecule has 1 fully saturated rings. The van der Waals surface area contributed by atoms with Gasteiger partial charge < -0.3 is 29.4 Å². The molecule has 1 amide bonds. The third-order valence-corrected chi connectivity index (χ3v) is 8.73. The van der Waals surface area contributed by atoms with Crippen molar-refractivity contribution >= 4 is 22.9 Å². The van der Waals surface area contributed by atoms with Gasteiger partial charge >= 0.3 is 0 Å². The summed E-state index contributed by atoms with van der Waals surface area (Å²) in [4.78, 5) is 26.0. The number of ether oxygens (including phenoxy) is 4. The molecule has 2 N–H and O–H groups in total. The number of fused-ring (bicyclic) bond motifs is 1. The van der Waals surface area contributed by atoms with Gasteiger partial charge in [-0.3, -0.25) is 9.36 Å². The number of amides is 1. The van der Waals surface area contributed by atoms with Crippen molar-refractivity contribution in [3.05, 3.63) is 144 Å². The molecule has 1 aliphatic heterocycles. The van der Waals surface area contributed by atoms with Crippen LogP contribution in [0.25, 0.3) is 11.2 Å². The fraction of sp³-hybridized carbons (Fsp3) is 0.211. The molecule has 11 nitrogen and oxygen atoms in total. The number of hydrogen-bond donors (Lipinski definition) is 2. The SMILES string of the molecule is COc1ccc(C(OCC2CC(O)C(n3cnc4c(NC(=O)c5ccccc5)ncnc43)O2)(c2ccccc2)c2ccc(OC)cc2)cc1. The smallest absolute Gasteiger partial charge is 0.256 e. The number of hydrogen-bond acceptors (Lipinski definition) is 9. The number of nitrogens with one attached hydrogen (secondary N) is 1. The zero-order chi connectivity index (χ0) is 33.8. The Morgan fingerprint density at radius 2 is 1.43 bits per heavy atom. The Bertz CT molecular complexity index is 1970. The van der Waals surface area contributed by atoms with E-state index in [1.54, 1.807) is 43.1 Å². The lowest BCUT2D eigenvalue weighted by Gasteiger charge is -2.37. The molecule has 1 saturated heterocycles. The fourth-order valence-electron chi connectivity index (χ4n) is 6.28. The summed E-state index contributed by atoms with van der Waals surface area (Å²) in [5.41, 5.74) is 2.95. The molecule has 6 aromatic rings. The summed E-state index contributed by atoms with van der Waals surface area (Å²) in [6, 6.07) is 34.5. The van der Waals surface area contributed by atoms with Crippen molar-refractivity contribution in [1.29, 1.82) is 0 Å². The van der Waals surface area contributed by atoms with Gasteiger partial charge in [0.15, 0.2) is 23.2 Å². The number of methoxy groups -OCH3 is 2. The van der Waals surface area contributed by atoms with Crippen LogP contribution in [0.2, 0.25) is 0 Å². The van der Waals surface area contributed by atoms with Crippen LogP contribution in [0, 0.1) is 0 Å². The minimum Gasteiger partial charge on any atom is -0.497 e. The molecule has 3 atom stereocenters. The maximum Gasteiger partial charge on any atom is 0.256 e. The molecule has 11 heteroatoms. The fourth-order valence-corrected chi connectivity index (χ4v) is 6.28. The monoisotopic (exact) mass is 657 g/mol. The Kier molecular flexibility index (Phi) is 9.03. The molecule has 0 bridgehead atoms. The maximum absolute atomic E-state index is 12.8. The van der Waals surface area contributed by atoms with Gasteiger partial charge in [-0.25, -0.2) is 15.0 Å². The highest BCUT2D eigenvalue weighted by molar-refractivity contribution is 6.06. The topological polar surface area (TPSA) is 130 Å². The Hall–Kier alpha value is -5.62. The summed E-state index contributed by atoms with van der Waals surface area (Å²) in [5, 5.41) is 14.1. The van der Waals surface area contributed by atoms with E-state index in [0.717, 1.165) is 28.2 Å². The van der Waals surface area contributed by atoms with Crippen molar-refractivity contribution in [2.24, 2.45) is 0 Å². The molecule has 0 spiro atoms. The Labute approximate surface area is 283 Å². The average Bonchev–Trinajstić information content (AvgIpc) is 3.76. The van der Waals surface area contributed by atoms with E-state index in [1.165, 1.54) is 12.7 Å². The number of imidazole rings is 1. The lowest BCUT2D eigenvalue weighted by atomic mass is 9.80. The number of carbonyl (C=O) groups excluding carboxylic acids is 1. The van der Waals surface area contributed by atoms with E-state index < -0.39 is 24.0 Å². The number of aliphatic hydroxyl groups excluding tert-OH is 1. The minimum absolute atomic E-state index is 0.153. The van der Waals surface area contributed by atoms with E-state index in [2.05, 4.69) is 20.3 Å². The second kappa shape index (κ2) is 13.9. The highest BCUT2D eigenvalue weighted by atomic mass is 16.6. The Morgan fingerprint density at radius 3 is 2.04 bits per heavy atom. The summed E-state index contributed by atoms with van der Waals surface area (Å²) in [7, 11) is 3.27. The van der Waals surface area contributed by atoms with E-state index in [9.17, 15) is 9.90 Å². The third kappa shape index (κ3) is 6.22. The van der Waals surface area contributed by atoms with E-state index in [0.29, 0.717) is 23.1 Å². The lowest BCUT2D eigenvalue weighted by molar-refractivity contribution is -0.0851. The summed E-state index contributed by atoms with van der Waals surface area (Å²) in [6.45, 7) is 0.153. The van der Waals surface area contributed by atoms with Crippen molar-refractivity contribution in [2.75, 3.05) is 26.1 Å². The second-order valence-electron chi connectivity index (χ2n) is 11.6.